The molecule has 1 aliphatic carbocycles. The number of benzene rings is 2. The predicted octanol–water partition coefficient (Wildman–Crippen LogP) is 4.41. The maximum atomic E-state index is 12.8. The lowest BCUT2D eigenvalue weighted by Gasteiger charge is -2.17. The van der Waals surface area contributed by atoms with Gasteiger partial charge in [-0.15, -0.1) is 0 Å². The molecule has 0 atom stereocenters. The average molecular weight is 460 g/mol. The number of aromatic hydroxyl groups is 1. The second-order valence-electron chi connectivity index (χ2n) is 8.15. The normalized spacial score (nSPS) is 13.1. The third-order valence-electron chi connectivity index (χ3n) is 5.73. The highest BCUT2D eigenvalue weighted by atomic mass is 16.4. The third-order valence-corrected chi connectivity index (χ3v) is 5.73. The minimum absolute atomic E-state index is 0.00801. The SMILES string of the molecule is CC(=N)/C(=N/Nc1cccc(-c2c[nH]c(C(=O)O)c2)c1O)C(=O)Nc1ccc2c(c1)CCCC2. The molecule has 0 aliphatic heterocycles. The summed E-state index contributed by atoms with van der Waals surface area (Å²) in [6, 6.07) is 12.1. The van der Waals surface area contributed by atoms with Gasteiger partial charge < -0.3 is 25.9 Å². The molecule has 0 fully saturated rings. The summed E-state index contributed by atoms with van der Waals surface area (Å²) in [6.45, 7) is 1.45. The largest absolute Gasteiger partial charge is 0.505 e. The number of anilines is 2. The molecular weight excluding hydrogens is 434 g/mol. The maximum Gasteiger partial charge on any atom is 0.352 e. The van der Waals surface area contributed by atoms with Gasteiger partial charge in [0.1, 0.15) is 11.4 Å². The van der Waals surface area contributed by atoms with E-state index in [1.807, 2.05) is 18.2 Å². The summed E-state index contributed by atoms with van der Waals surface area (Å²) in [5.74, 6) is -1.82. The summed E-state index contributed by atoms with van der Waals surface area (Å²) in [5, 5.41) is 34.6. The number of rotatable bonds is 7. The first-order valence-electron chi connectivity index (χ1n) is 10.9. The zero-order chi connectivity index (χ0) is 24.2. The number of carboxylic acid groups (broad SMARTS) is 1. The number of aromatic nitrogens is 1. The zero-order valence-corrected chi connectivity index (χ0v) is 18.6. The van der Waals surface area contributed by atoms with Crippen molar-refractivity contribution in [2.75, 3.05) is 10.7 Å². The van der Waals surface area contributed by atoms with Crippen LogP contribution in [0.4, 0.5) is 11.4 Å². The summed E-state index contributed by atoms with van der Waals surface area (Å²) < 4.78 is 0. The minimum Gasteiger partial charge on any atom is -0.505 e. The van der Waals surface area contributed by atoms with Crippen LogP contribution in [-0.2, 0) is 17.6 Å². The molecule has 4 rings (SSSR count). The summed E-state index contributed by atoms with van der Waals surface area (Å²) in [6.07, 6.45) is 5.81. The van der Waals surface area contributed by atoms with Gasteiger partial charge in [-0.05, 0) is 68.0 Å². The van der Waals surface area contributed by atoms with Crippen LogP contribution in [0.2, 0.25) is 0 Å². The Balaban J connectivity index is 1.54. The standard InChI is InChI=1S/C25H25N5O4/c1-14(26)22(24(32)28-18-10-9-15-5-2-3-6-16(15)11-18)30-29-20-8-4-7-19(23(20)31)17-12-21(25(33)34)27-13-17/h4,7-13,26-27,29,31H,2-3,5-6H2,1H3,(H,28,32)(H,33,34)/b26-14?,30-22-. The Labute approximate surface area is 196 Å². The molecule has 0 unspecified atom stereocenters. The van der Waals surface area contributed by atoms with E-state index in [0.29, 0.717) is 16.8 Å². The number of carbonyl (C=O) groups is 2. The van der Waals surface area contributed by atoms with E-state index in [9.17, 15) is 14.7 Å². The van der Waals surface area contributed by atoms with Gasteiger partial charge in [0.15, 0.2) is 5.71 Å². The van der Waals surface area contributed by atoms with Crippen molar-refractivity contribution in [1.82, 2.24) is 4.98 Å². The van der Waals surface area contributed by atoms with Crippen molar-refractivity contribution in [2.45, 2.75) is 32.6 Å². The quantitative estimate of drug-likeness (QED) is 0.176. The van der Waals surface area contributed by atoms with Gasteiger partial charge in [0.2, 0.25) is 0 Å². The number of carboxylic acids is 1. The Hall–Kier alpha value is -4.40. The van der Waals surface area contributed by atoms with Crippen molar-refractivity contribution in [3.05, 3.63) is 65.5 Å². The number of amides is 1. The van der Waals surface area contributed by atoms with Crippen LogP contribution >= 0.6 is 0 Å². The molecule has 1 aliphatic rings. The van der Waals surface area contributed by atoms with E-state index < -0.39 is 11.9 Å². The van der Waals surface area contributed by atoms with E-state index in [4.69, 9.17) is 10.5 Å². The first-order valence-corrected chi connectivity index (χ1v) is 10.9. The fourth-order valence-corrected chi connectivity index (χ4v) is 3.96. The monoisotopic (exact) mass is 459 g/mol. The first kappa shape index (κ1) is 22.8. The van der Waals surface area contributed by atoms with Crippen LogP contribution in [0.5, 0.6) is 5.75 Å². The number of aryl methyl sites for hydroxylation is 2. The smallest absolute Gasteiger partial charge is 0.352 e. The molecule has 0 spiro atoms. The lowest BCUT2D eigenvalue weighted by atomic mass is 9.91. The van der Waals surface area contributed by atoms with E-state index in [1.165, 1.54) is 36.7 Å². The number of hydrogen-bond donors (Lipinski definition) is 6. The molecule has 34 heavy (non-hydrogen) atoms. The molecule has 0 radical (unpaired) electrons. The fraction of sp³-hybridized carbons (Fsp3) is 0.200. The summed E-state index contributed by atoms with van der Waals surface area (Å²) in [4.78, 5) is 26.6. The number of H-pyrrole nitrogens is 1. The number of nitrogens with one attached hydrogen (secondary N) is 4. The second-order valence-corrected chi connectivity index (χ2v) is 8.15. The van der Waals surface area contributed by atoms with E-state index in [1.54, 1.807) is 18.2 Å². The van der Waals surface area contributed by atoms with Gasteiger partial charge in [0, 0.05) is 23.0 Å². The third kappa shape index (κ3) is 4.83. The molecule has 6 N–H and O–H groups in total. The Morgan fingerprint density at radius 3 is 2.56 bits per heavy atom. The van der Waals surface area contributed by atoms with Crippen LogP contribution < -0.4 is 10.7 Å². The van der Waals surface area contributed by atoms with E-state index >= 15 is 0 Å². The van der Waals surface area contributed by atoms with E-state index in [0.717, 1.165) is 19.3 Å². The second kappa shape index (κ2) is 9.62. The van der Waals surface area contributed by atoms with E-state index in [2.05, 4.69) is 20.8 Å². The number of aromatic amines is 1. The number of hydrogen-bond acceptors (Lipinski definition) is 6. The van der Waals surface area contributed by atoms with Gasteiger partial charge in [-0.2, -0.15) is 5.10 Å². The predicted molar refractivity (Wildman–Crippen MR) is 131 cm³/mol. The van der Waals surface area contributed by atoms with Gasteiger partial charge in [-0.25, -0.2) is 4.79 Å². The van der Waals surface area contributed by atoms with Gasteiger partial charge in [0.25, 0.3) is 5.91 Å². The molecular formula is C25H25N5O4. The molecule has 2 aromatic carbocycles. The van der Waals surface area contributed by atoms with Crippen molar-refractivity contribution in [3.8, 4) is 16.9 Å². The number of aromatic carboxylic acids is 1. The number of phenols is 1. The van der Waals surface area contributed by atoms with E-state index in [-0.39, 0.29) is 28.6 Å². The fourth-order valence-electron chi connectivity index (χ4n) is 3.96. The van der Waals surface area contributed by atoms with Crippen LogP contribution in [0.1, 0.15) is 41.4 Å². The minimum atomic E-state index is -1.11. The zero-order valence-electron chi connectivity index (χ0n) is 18.6. The maximum absolute atomic E-state index is 12.8. The summed E-state index contributed by atoms with van der Waals surface area (Å²) in [5.41, 5.74) is 6.72. The highest BCUT2D eigenvalue weighted by molar-refractivity contribution is 6.67. The Bertz CT molecular complexity index is 1310. The molecule has 1 aromatic heterocycles. The molecule has 9 nitrogen and oxygen atoms in total. The number of phenolic OH excluding ortho intramolecular Hbond substituents is 1. The number of nitrogens with zero attached hydrogens (tertiary/aromatic N) is 1. The van der Waals surface area contributed by atoms with Crippen LogP contribution in [0.3, 0.4) is 0 Å². The molecule has 9 heteroatoms. The lowest BCUT2D eigenvalue weighted by Crippen LogP contribution is -2.29. The molecule has 0 bridgehead atoms. The van der Waals surface area contributed by atoms with Crippen molar-refractivity contribution < 1.29 is 19.8 Å². The number of hydrazone groups is 1. The van der Waals surface area contributed by atoms with Gasteiger partial charge >= 0.3 is 5.97 Å². The van der Waals surface area contributed by atoms with Crippen molar-refractivity contribution in [2.24, 2.45) is 5.10 Å². The summed E-state index contributed by atoms with van der Waals surface area (Å²) >= 11 is 0. The van der Waals surface area contributed by atoms with Crippen molar-refractivity contribution in [1.29, 1.82) is 5.41 Å². The molecule has 174 valence electrons. The van der Waals surface area contributed by atoms with Gasteiger partial charge in [-0.3, -0.25) is 10.2 Å². The molecule has 0 saturated heterocycles. The van der Waals surface area contributed by atoms with Crippen molar-refractivity contribution >= 4 is 34.7 Å². The van der Waals surface area contributed by atoms with Crippen LogP contribution in [0, 0.1) is 5.41 Å². The van der Waals surface area contributed by atoms with Crippen LogP contribution in [0.25, 0.3) is 11.1 Å². The highest BCUT2D eigenvalue weighted by Gasteiger charge is 2.18. The summed E-state index contributed by atoms with van der Waals surface area (Å²) in [7, 11) is 0. The lowest BCUT2D eigenvalue weighted by molar-refractivity contribution is -0.110. The van der Waals surface area contributed by atoms with Gasteiger partial charge in [0.05, 0.1) is 11.4 Å². The number of fused-ring (bicyclic) bond motifs is 1. The topological polar surface area (TPSA) is 151 Å². The highest BCUT2D eigenvalue weighted by Crippen LogP contribution is 2.35. The molecule has 3 aromatic rings. The average Bonchev–Trinajstić information content (AvgIpc) is 3.30. The number of carbonyl (C=O) groups excluding carboxylic acids is 1. The molecule has 1 heterocycles. The van der Waals surface area contributed by atoms with Gasteiger partial charge in [-0.1, -0.05) is 18.2 Å². The Morgan fingerprint density at radius 2 is 1.85 bits per heavy atom. The molecule has 1 amide bonds. The Kier molecular flexibility index (Phi) is 6.44. The molecule has 0 saturated carbocycles. The van der Waals surface area contributed by atoms with Crippen LogP contribution in [-0.4, -0.2) is 38.5 Å². The van der Waals surface area contributed by atoms with Crippen molar-refractivity contribution in [3.63, 3.8) is 0 Å². The van der Waals surface area contributed by atoms with Crippen LogP contribution in [0.15, 0.2) is 53.8 Å². The number of para-hydroxylation sites is 1. The first-order chi connectivity index (χ1) is 16.3. The Morgan fingerprint density at radius 1 is 1.09 bits per heavy atom.